The number of anilines is 3. The van der Waals surface area contributed by atoms with Crippen LogP contribution in [0.4, 0.5) is 26.1 Å². The summed E-state index contributed by atoms with van der Waals surface area (Å²) in [7, 11) is -3.50. The highest BCUT2D eigenvalue weighted by molar-refractivity contribution is 7.90. The first kappa shape index (κ1) is 28.7. The van der Waals surface area contributed by atoms with Gasteiger partial charge in [0.1, 0.15) is 11.6 Å². The molecule has 5 heterocycles. The van der Waals surface area contributed by atoms with Crippen molar-refractivity contribution in [1.29, 1.82) is 0 Å². The molecule has 0 unspecified atom stereocenters. The van der Waals surface area contributed by atoms with E-state index < -0.39 is 16.4 Å². The third-order valence-electron chi connectivity index (χ3n) is 7.38. The van der Waals surface area contributed by atoms with Crippen molar-refractivity contribution in [3.8, 4) is 23.2 Å². The van der Waals surface area contributed by atoms with Crippen molar-refractivity contribution in [1.82, 2.24) is 39.7 Å². The molecule has 2 fully saturated rings. The summed E-state index contributed by atoms with van der Waals surface area (Å²) in [6, 6.07) is 3.60. The monoisotopic (exact) mass is 608 g/mol. The van der Waals surface area contributed by atoms with Crippen LogP contribution in [0.2, 0.25) is 0 Å². The minimum Gasteiger partial charge on any atom is -0.370 e. The molecule has 0 spiro atoms. The van der Waals surface area contributed by atoms with Gasteiger partial charge in [-0.25, -0.2) is 32.2 Å². The number of aryl methyl sites for hydroxylation is 1. The smallest absolute Gasteiger partial charge is 0.256 e. The van der Waals surface area contributed by atoms with Crippen molar-refractivity contribution in [2.45, 2.75) is 50.3 Å². The maximum absolute atomic E-state index is 12.7. The van der Waals surface area contributed by atoms with Crippen molar-refractivity contribution in [3.05, 3.63) is 59.9 Å². The summed E-state index contributed by atoms with van der Waals surface area (Å²) >= 11 is 0. The lowest BCUT2D eigenvalue weighted by atomic mass is 10.0. The maximum atomic E-state index is 12.7. The zero-order valence-electron chi connectivity index (χ0n) is 23.3. The molecule has 1 aliphatic heterocycles. The lowest BCUT2D eigenvalue weighted by Gasteiger charge is -2.34. The van der Waals surface area contributed by atoms with E-state index in [0.29, 0.717) is 61.8 Å². The molecule has 6 rings (SSSR count). The Kier molecular flexibility index (Phi) is 8.04. The van der Waals surface area contributed by atoms with E-state index in [0.717, 1.165) is 26.6 Å². The normalized spacial score (nSPS) is 15.9. The Labute approximate surface area is 247 Å². The van der Waals surface area contributed by atoms with Crippen molar-refractivity contribution in [2.75, 3.05) is 29.9 Å². The predicted molar refractivity (Wildman–Crippen MR) is 157 cm³/mol. The third-order valence-corrected chi connectivity index (χ3v) is 9.41. The summed E-state index contributed by atoms with van der Waals surface area (Å²) in [5.74, 6) is 7.67. The minimum absolute atomic E-state index is 0.0239. The van der Waals surface area contributed by atoms with Gasteiger partial charge in [-0.3, -0.25) is 5.10 Å². The molecule has 4 aromatic heterocycles. The van der Waals surface area contributed by atoms with Crippen LogP contribution in [0.15, 0.2) is 43.1 Å². The van der Waals surface area contributed by atoms with E-state index in [4.69, 9.17) is 0 Å². The van der Waals surface area contributed by atoms with E-state index in [-0.39, 0.29) is 17.8 Å². The van der Waals surface area contributed by atoms with E-state index >= 15 is 0 Å². The van der Waals surface area contributed by atoms with E-state index in [1.54, 1.807) is 24.7 Å². The van der Waals surface area contributed by atoms with Crippen LogP contribution in [0.25, 0.3) is 11.4 Å². The summed E-state index contributed by atoms with van der Waals surface area (Å²) in [6.07, 6.45) is 8.20. The fourth-order valence-corrected chi connectivity index (χ4v) is 6.32. The van der Waals surface area contributed by atoms with Crippen LogP contribution in [0.1, 0.15) is 42.5 Å². The van der Waals surface area contributed by atoms with Crippen LogP contribution in [0.5, 0.6) is 0 Å². The number of H-pyrrole nitrogens is 1. The predicted octanol–water partition coefficient (Wildman–Crippen LogP) is 3.07. The second-order valence-corrected chi connectivity index (χ2v) is 12.6. The minimum atomic E-state index is -3.50. The van der Waals surface area contributed by atoms with Gasteiger partial charge in [-0.1, -0.05) is 11.8 Å². The molecule has 1 saturated carbocycles. The molecule has 12 nitrogen and oxygen atoms in total. The highest BCUT2D eigenvalue weighted by atomic mass is 32.2. The van der Waals surface area contributed by atoms with E-state index in [1.165, 1.54) is 12.4 Å². The fourth-order valence-electron chi connectivity index (χ4n) is 4.85. The number of halogens is 2. The summed E-state index contributed by atoms with van der Waals surface area (Å²) < 4.78 is 51.4. The van der Waals surface area contributed by atoms with Gasteiger partial charge >= 0.3 is 0 Å². The molecule has 43 heavy (non-hydrogen) atoms. The molecule has 15 heteroatoms. The van der Waals surface area contributed by atoms with Crippen LogP contribution in [-0.4, -0.2) is 80.1 Å². The van der Waals surface area contributed by atoms with Gasteiger partial charge in [0.25, 0.3) is 16.4 Å². The quantitative estimate of drug-likeness (QED) is 0.242. The highest BCUT2D eigenvalue weighted by Gasteiger charge is 2.37. The second kappa shape index (κ2) is 12.1. The van der Waals surface area contributed by atoms with Crippen molar-refractivity contribution in [3.63, 3.8) is 0 Å². The van der Waals surface area contributed by atoms with E-state index in [1.807, 2.05) is 13.0 Å². The third kappa shape index (κ3) is 6.65. The average Bonchev–Trinajstić information content (AvgIpc) is 3.61. The van der Waals surface area contributed by atoms with Crippen molar-refractivity contribution < 1.29 is 17.2 Å². The number of hydrogen-bond donors (Lipinski definition) is 3. The van der Waals surface area contributed by atoms with Gasteiger partial charge < -0.3 is 15.5 Å². The van der Waals surface area contributed by atoms with Gasteiger partial charge in [-0.05, 0) is 38.7 Å². The van der Waals surface area contributed by atoms with Crippen LogP contribution >= 0.6 is 0 Å². The molecule has 224 valence electrons. The number of hydrogen-bond acceptors (Lipinski definition) is 10. The van der Waals surface area contributed by atoms with Gasteiger partial charge in [0, 0.05) is 43.8 Å². The molecule has 0 aromatic carbocycles. The Morgan fingerprint density at radius 3 is 2.60 bits per heavy atom. The van der Waals surface area contributed by atoms with Crippen LogP contribution in [0.3, 0.4) is 0 Å². The topological polar surface area (TPSA) is 147 Å². The molecule has 2 aliphatic rings. The molecule has 0 bridgehead atoms. The van der Waals surface area contributed by atoms with Crippen LogP contribution in [0, 0.1) is 18.8 Å². The number of pyridine rings is 1. The summed E-state index contributed by atoms with van der Waals surface area (Å²) in [4.78, 5) is 15.6. The SMILES string of the molecule is Cc1n[nH]cc1C#Cc1cnc(Nc2ccnc(-c3cnn(S(=O)(=O)C4CC4)c3)n2)cc1N1CCC(NCC(F)F)CC1. The lowest BCUT2D eigenvalue weighted by molar-refractivity contribution is 0.139. The Balaban J connectivity index is 1.23. The molecule has 1 saturated heterocycles. The largest absolute Gasteiger partial charge is 0.370 e. The Morgan fingerprint density at radius 2 is 1.88 bits per heavy atom. The summed E-state index contributed by atoms with van der Waals surface area (Å²) in [5, 5.41) is 16.7. The van der Waals surface area contributed by atoms with Crippen LogP contribution in [-0.2, 0) is 10.0 Å². The fraction of sp³-hybridized carbons (Fsp3) is 0.393. The number of rotatable bonds is 9. The van der Waals surface area contributed by atoms with E-state index in [2.05, 4.69) is 57.6 Å². The van der Waals surface area contributed by atoms with Gasteiger partial charge in [-0.2, -0.15) is 14.3 Å². The number of alkyl halides is 2. The van der Waals surface area contributed by atoms with Gasteiger partial charge in [0.05, 0.1) is 52.3 Å². The standard InChI is InChI=1S/C28H30F2N10O2S/c1-18-19(14-34-38-18)2-3-20-13-33-27(12-24(20)39-10-7-22(8-11-39)32-16-25(29)30)36-26-6-9-31-28(37-26)21-15-35-40(17-21)43(41,42)23-4-5-23/h6,9,12-15,17,22-23,25,32H,4-5,7-8,10-11,16H2,1H3,(H,34,38)(H,31,33,36,37). The second-order valence-electron chi connectivity index (χ2n) is 10.5. The molecule has 3 N–H and O–H groups in total. The van der Waals surface area contributed by atoms with Crippen molar-refractivity contribution in [2.24, 2.45) is 0 Å². The molecule has 0 atom stereocenters. The Morgan fingerprint density at radius 1 is 1.09 bits per heavy atom. The number of aromatic amines is 1. The Hall–Kier alpha value is -4.42. The first-order chi connectivity index (χ1) is 20.8. The molecule has 0 radical (unpaired) electrons. The molecule has 1 aliphatic carbocycles. The Bertz CT molecular complexity index is 1770. The first-order valence-corrected chi connectivity index (χ1v) is 15.4. The van der Waals surface area contributed by atoms with Gasteiger partial charge in [-0.15, -0.1) is 0 Å². The molecule has 0 amide bonds. The number of piperidine rings is 1. The number of nitrogens with zero attached hydrogens (tertiary/aromatic N) is 7. The average molecular weight is 609 g/mol. The molecular weight excluding hydrogens is 578 g/mol. The van der Waals surface area contributed by atoms with Gasteiger partial charge in [0.15, 0.2) is 5.82 Å². The molecule has 4 aromatic rings. The zero-order valence-corrected chi connectivity index (χ0v) is 24.2. The van der Waals surface area contributed by atoms with Crippen molar-refractivity contribution >= 4 is 27.3 Å². The first-order valence-electron chi connectivity index (χ1n) is 13.9. The van der Waals surface area contributed by atoms with Crippen LogP contribution < -0.4 is 15.5 Å². The maximum Gasteiger partial charge on any atom is 0.256 e. The van der Waals surface area contributed by atoms with E-state index in [9.17, 15) is 17.2 Å². The van der Waals surface area contributed by atoms with Gasteiger partial charge in [0.2, 0.25) is 0 Å². The zero-order chi connectivity index (χ0) is 30.0. The number of aromatic nitrogens is 7. The highest BCUT2D eigenvalue weighted by Crippen LogP contribution is 2.31. The summed E-state index contributed by atoms with van der Waals surface area (Å²) in [5.41, 5.74) is 3.63. The molecular formula is C28H30F2N10O2S. The number of nitrogens with one attached hydrogen (secondary N) is 3. The lowest BCUT2D eigenvalue weighted by Crippen LogP contribution is -2.44. The summed E-state index contributed by atoms with van der Waals surface area (Å²) in [6.45, 7) is 2.88.